The predicted molar refractivity (Wildman–Crippen MR) is 122 cm³/mol. The van der Waals surface area contributed by atoms with Crippen molar-refractivity contribution in [2.75, 3.05) is 24.5 Å². The fourth-order valence-electron chi connectivity index (χ4n) is 3.87. The Kier molecular flexibility index (Phi) is 6.43. The average Bonchev–Trinajstić information content (AvgIpc) is 3.23. The second-order valence-electron chi connectivity index (χ2n) is 8.02. The van der Waals surface area contributed by atoms with E-state index in [0.717, 1.165) is 43.4 Å². The molecule has 0 aliphatic carbocycles. The molecular formula is C24H28N4OS. The number of hydrogen-bond donors (Lipinski definition) is 0. The van der Waals surface area contributed by atoms with E-state index in [1.807, 2.05) is 23.1 Å². The molecule has 2 heterocycles. The molecule has 1 atom stereocenters. The van der Waals surface area contributed by atoms with Gasteiger partial charge in [-0.25, -0.2) is 4.98 Å². The van der Waals surface area contributed by atoms with Gasteiger partial charge < -0.3 is 9.80 Å². The van der Waals surface area contributed by atoms with Gasteiger partial charge in [-0.3, -0.25) is 4.79 Å². The van der Waals surface area contributed by atoms with Crippen LogP contribution >= 0.6 is 11.5 Å². The van der Waals surface area contributed by atoms with E-state index in [0.29, 0.717) is 6.42 Å². The minimum absolute atomic E-state index is 0.173. The summed E-state index contributed by atoms with van der Waals surface area (Å²) >= 11 is 1.46. The Bertz CT molecular complexity index is 970. The van der Waals surface area contributed by atoms with Crippen LogP contribution in [0.3, 0.4) is 0 Å². The first-order valence-electron chi connectivity index (χ1n) is 10.5. The Morgan fingerprint density at radius 2 is 1.83 bits per heavy atom. The van der Waals surface area contributed by atoms with Crippen LogP contribution in [-0.2, 0) is 17.6 Å². The number of carbonyl (C=O) groups is 1. The Hall–Kier alpha value is -2.73. The standard InChI is InChI=1S/C24H28N4OS/c1-18-8-10-21(11-9-18)16-22-25-24(30-26-22)27-14-15-28(19(2)17-27)23(29)13-12-20-6-4-3-5-7-20/h3-11,19H,12-17H2,1-2H3/t19-/m1/s1. The number of piperazine rings is 1. The molecule has 1 aliphatic heterocycles. The molecule has 3 aromatic rings. The number of nitrogens with zero attached hydrogens (tertiary/aromatic N) is 4. The van der Waals surface area contributed by atoms with E-state index in [2.05, 4.69) is 59.5 Å². The molecule has 1 aromatic heterocycles. The highest BCUT2D eigenvalue weighted by atomic mass is 32.1. The summed E-state index contributed by atoms with van der Waals surface area (Å²) in [7, 11) is 0. The molecule has 0 radical (unpaired) electrons. The molecule has 6 heteroatoms. The SMILES string of the molecule is Cc1ccc(Cc2nsc(N3CCN(C(=O)CCc4ccccc4)[C@H](C)C3)n2)cc1. The van der Waals surface area contributed by atoms with Gasteiger partial charge in [0.1, 0.15) is 5.82 Å². The number of rotatable bonds is 6. The topological polar surface area (TPSA) is 49.3 Å². The third-order valence-corrected chi connectivity index (χ3v) is 6.44. The van der Waals surface area contributed by atoms with Crippen molar-refractivity contribution in [2.24, 2.45) is 0 Å². The molecule has 2 aromatic carbocycles. The zero-order valence-corrected chi connectivity index (χ0v) is 18.4. The van der Waals surface area contributed by atoms with Gasteiger partial charge in [0, 0.05) is 50.1 Å². The third kappa shape index (κ3) is 5.05. The van der Waals surface area contributed by atoms with Crippen LogP contribution < -0.4 is 4.90 Å². The molecule has 0 bridgehead atoms. The van der Waals surface area contributed by atoms with Crippen LogP contribution in [0.5, 0.6) is 0 Å². The van der Waals surface area contributed by atoms with E-state index in [1.54, 1.807) is 0 Å². The summed E-state index contributed by atoms with van der Waals surface area (Å²) in [5.41, 5.74) is 3.70. The van der Waals surface area contributed by atoms with Gasteiger partial charge in [-0.1, -0.05) is 60.2 Å². The molecule has 5 nitrogen and oxygen atoms in total. The molecule has 0 spiro atoms. The molecule has 4 rings (SSSR count). The van der Waals surface area contributed by atoms with Crippen LogP contribution in [0.25, 0.3) is 0 Å². The van der Waals surface area contributed by atoms with E-state index in [4.69, 9.17) is 4.98 Å². The molecule has 1 amide bonds. The lowest BCUT2D eigenvalue weighted by atomic mass is 10.1. The number of benzene rings is 2. The molecule has 0 saturated carbocycles. The summed E-state index contributed by atoms with van der Waals surface area (Å²) in [5.74, 6) is 1.11. The van der Waals surface area contributed by atoms with Gasteiger partial charge in [0.25, 0.3) is 0 Å². The van der Waals surface area contributed by atoms with Crippen molar-refractivity contribution in [3.63, 3.8) is 0 Å². The largest absolute Gasteiger partial charge is 0.343 e. The summed E-state index contributed by atoms with van der Waals surface area (Å²) < 4.78 is 4.56. The number of carbonyl (C=O) groups excluding carboxylic acids is 1. The van der Waals surface area contributed by atoms with E-state index < -0.39 is 0 Å². The minimum atomic E-state index is 0.173. The second kappa shape index (κ2) is 9.39. The van der Waals surface area contributed by atoms with Crippen molar-refractivity contribution in [1.29, 1.82) is 0 Å². The fourth-order valence-corrected chi connectivity index (χ4v) is 4.59. The van der Waals surface area contributed by atoms with E-state index >= 15 is 0 Å². The Labute approximate surface area is 182 Å². The third-order valence-electron chi connectivity index (χ3n) is 5.63. The van der Waals surface area contributed by atoms with E-state index in [9.17, 15) is 4.79 Å². The van der Waals surface area contributed by atoms with Crippen molar-refractivity contribution >= 4 is 22.6 Å². The number of aromatic nitrogens is 2. The van der Waals surface area contributed by atoms with Crippen LogP contribution in [-0.4, -0.2) is 45.8 Å². The van der Waals surface area contributed by atoms with Crippen LogP contribution in [0.1, 0.15) is 35.9 Å². The molecule has 1 saturated heterocycles. The highest BCUT2D eigenvalue weighted by Crippen LogP contribution is 2.23. The molecular weight excluding hydrogens is 392 g/mol. The Balaban J connectivity index is 1.31. The van der Waals surface area contributed by atoms with E-state index in [-0.39, 0.29) is 11.9 Å². The van der Waals surface area contributed by atoms with Gasteiger partial charge >= 0.3 is 0 Å². The van der Waals surface area contributed by atoms with Gasteiger partial charge in [-0.05, 0) is 31.4 Å². The maximum Gasteiger partial charge on any atom is 0.223 e. The smallest absolute Gasteiger partial charge is 0.223 e. The van der Waals surface area contributed by atoms with Crippen molar-refractivity contribution < 1.29 is 4.79 Å². The van der Waals surface area contributed by atoms with Crippen LogP contribution in [0, 0.1) is 6.92 Å². The molecule has 0 unspecified atom stereocenters. The maximum atomic E-state index is 12.7. The first kappa shape index (κ1) is 20.5. The number of anilines is 1. The number of hydrogen-bond acceptors (Lipinski definition) is 5. The van der Waals surface area contributed by atoms with E-state index in [1.165, 1.54) is 28.2 Å². The van der Waals surface area contributed by atoms with Gasteiger partial charge in [0.15, 0.2) is 0 Å². The van der Waals surface area contributed by atoms with Crippen molar-refractivity contribution in [3.05, 3.63) is 77.1 Å². The lowest BCUT2D eigenvalue weighted by Gasteiger charge is -2.39. The zero-order chi connectivity index (χ0) is 20.9. The van der Waals surface area contributed by atoms with Gasteiger partial charge in [-0.15, -0.1) is 0 Å². The first-order valence-corrected chi connectivity index (χ1v) is 11.3. The zero-order valence-electron chi connectivity index (χ0n) is 17.6. The lowest BCUT2D eigenvalue weighted by Crippen LogP contribution is -2.54. The Morgan fingerprint density at radius 3 is 2.57 bits per heavy atom. The summed E-state index contributed by atoms with van der Waals surface area (Å²) in [6, 6.07) is 18.9. The fraction of sp³-hybridized carbons (Fsp3) is 0.375. The normalized spacial score (nSPS) is 16.7. The van der Waals surface area contributed by atoms with Gasteiger partial charge in [0.05, 0.1) is 0 Å². The monoisotopic (exact) mass is 420 g/mol. The molecule has 156 valence electrons. The predicted octanol–water partition coefficient (Wildman–Crippen LogP) is 4.11. The summed E-state index contributed by atoms with van der Waals surface area (Å²) in [4.78, 5) is 21.8. The number of aryl methyl sites for hydroxylation is 2. The summed E-state index contributed by atoms with van der Waals surface area (Å²) in [5, 5.41) is 0.959. The highest BCUT2D eigenvalue weighted by molar-refractivity contribution is 7.09. The summed E-state index contributed by atoms with van der Waals surface area (Å²) in [6.45, 7) is 6.56. The van der Waals surface area contributed by atoms with Gasteiger partial charge in [-0.2, -0.15) is 4.37 Å². The first-order chi connectivity index (χ1) is 14.6. The maximum absolute atomic E-state index is 12.7. The highest BCUT2D eigenvalue weighted by Gasteiger charge is 2.28. The summed E-state index contributed by atoms with van der Waals surface area (Å²) in [6.07, 6.45) is 2.11. The van der Waals surface area contributed by atoms with Crippen molar-refractivity contribution in [1.82, 2.24) is 14.3 Å². The van der Waals surface area contributed by atoms with Crippen LogP contribution in [0.15, 0.2) is 54.6 Å². The molecule has 1 fully saturated rings. The number of amides is 1. The Morgan fingerprint density at radius 1 is 1.07 bits per heavy atom. The minimum Gasteiger partial charge on any atom is -0.343 e. The van der Waals surface area contributed by atoms with Crippen molar-refractivity contribution in [3.8, 4) is 0 Å². The molecule has 1 aliphatic rings. The second-order valence-corrected chi connectivity index (χ2v) is 8.75. The lowest BCUT2D eigenvalue weighted by molar-refractivity contribution is -0.133. The quantitative estimate of drug-likeness (QED) is 0.602. The van der Waals surface area contributed by atoms with Gasteiger partial charge in [0.2, 0.25) is 11.0 Å². The van der Waals surface area contributed by atoms with Crippen LogP contribution in [0.4, 0.5) is 5.13 Å². The van der Waals surface area contributed by atoms with Crippen molar-refractivity contribution in [2.45, 2.75) is 39.2 Å². The molecule has 30 heavy (non-hydrogen) atoms. The molecule has 0 N–H and O–H groups in total. The average molecular weight is 421 g/mol. The van der Waals surface area contributed by atoms with Crippen LogP contribution in [0.2, 0.25) is 0 Å².